The second-order valence-electron chi connectivity index (χ2n) is 3.68. The van der Waals surface area contributed by atoms with Crippen LogP contribution in [0.15, 0.2) is 0 Å². The molecule has 1 amide bonds. The van der Waals surface area contributed by atoms with Gasteiger partial charge < -0.3 is 4.90 Å². The van der Waals surface area contributed by atoms with Gasteiger partial charge in [0.2, 0.25) is 15.9 Å². The Bertz CT molecular complexity index is 323. The van der Waals surface area contributed by atoms with Gasteiger partial charge in [0.25, 0.3) is 0 Å². The molecule has 1 rings (SSSR count). The quantitative estimate of drug-likeness (QED) is 0.741. The molecular formula is C8H15BrN2O3S. The number of piperidine rings is 1. The SMILES string of the molecule is CS(=O)(=O)NC1CCN(C(=O)CBr)CC1. The van der Waals surface area contributed by atoms with Crippen LogP contribution in [0.4, 0.5) is 0 Å². The smallest absolute Gasteiger partial charge is 0.233 e. The van der Waals surface area contributed by atoms with E-state index in [0.29, 0.717) is 31.3 Å². The van der Waals surface area contributed by atoms with Gasteiger partial charge in [-0.1, -0.05) is 15.9 Å². The average molecular weight is 299 g/mol. The van der Waals surface area contributed by atoms with E-state index in [2.05, 4.69) is 20.7 Å². The maximum atomic E-state index is 11.3. The van der Waals surface area contributed by atoms with Gasteiger partial charge in [-0.15, -0.1) is 0 Å². The van der Waals surface area contributed by atoms with Crippen molar-refractivity contribution in [2.24, 2.45) is 0 Å². The predicted molar refractivity (Wildman–Crippen MR) is 61.4 cm³/mol. The first-order valence-corrected chi connectivity index (χ1v) is 7.74. The van der Waals surface area contributed by atoms with Crippen molar-refractivity contribution in [2.45, 2.75) is 18.9 Å². The number of nitrogens with one attached hydrogen (secondary N) is 1. The normalized spacial score (nSPS) is 19.2. The van der Waals surface area contributed by atoms with Gasteiger partial charge in [-0.25, -0.2) is 13.1 Å². The lowest BCUT2D eigenvalue weighted by molar-refractivity contribution is -0.129. The van der Waals surface area contributed by atoms with Crippen LogP contribution < -0.4 is 4.72 Å². The lowest BCUT2D eigenvalue weighted by Gasteiger charge is -2.31. The Hall–Kier alpha value is -0.140. The Morgan fingerprint density at radius 1 is 1.47 bits per heavy atom. The summed E-state index contributed by atoms with van der Waals surface area (Å²) in [5.74, 6) is 0.0628. The predicted octanol–water partition coefficient (Wildman–Crippen LogP) is -0.0785. The third-order valence-electron chi connectivity index (χ3n) is 2.34. The van der Waals surface area contributed by atoms with Crippen LogP contribution in [0.3, 0.4) is 0 Å². The summed E-state index contributed by atoms with van der Waals surface area (Å²) in [6.07, 6.45) is 2.53. The number of nitrogens with zero attached hydrogens (tertiary/aromatic N) is 1. The zero-order chi connectivity index (χ0) is 11.5. The first kappa shape index (κ1) is 12.9. The minimum Gasteiger partial charge on any atom is -0.342 e. The molecule has 1 saturated heterocycles. The molecule has 0 spiro atoms. The second-order valence-corrected chi connectivity index (χ2v) is 6.02. The number of amides is 1. The number of carbonyl (C=O) groups is 1. The van der Waals surface area contributed by atoms with Gasteiger partial charge in [0, 0.05) is 19.1 Å². The van der Waals surface area contributed by atoms with E-state index in [0.717, 1.165) is 6.26 Å². The van der Waals surface area contributed by atoms with Crippen molar-refractivity contribution in [1.29, 1.82) is 0 Å². The van der Waals surface area contributed by atoms with Crippen LogP contribution in [0.1, 0.15) is 12.8 Å². The number of sulfonamides is 1. The molecule has 1 aliphatic rings. The number of hydrogen-bond donors (Lipinski definition) is 1. The van der Waals surface area contributed by atoms with Crippen LogP contribution in [-0.4, -0.2) is 49.9 Å². The van der Waals surface area contributed by atoms with Gasteiger partial charge >= 0.3 is 0 Å². The molecule has 15 heavy (non-hydrogen) atoms. The van der Waals surface area contributed by atoms with Crippen molar-refractivity contribution in [3.8, 4) is 0 Å². The molecule has 1 N–H and O–H groups in total. The number of alkyl halides is 1. The molecule has 7 heteroatoms. The first-order valence-electron chi connectivity index (χ1n) is 4.73. The summed E-state index contributed by atoms with van der Waals surface area (Å²) in [6, 6.07) is -0.0284. The molecule has 88 valence electrons. The number of halogens is 1. The van der Waals surface area contributed by atoms with E-state index in [9.17, 15) is 13.2 Å². The van der Waals surface area contributed by atoms with Crippen molar-refractivity contribution in [3.63, 3.8) is 0 Å². The molecule has 1 fully saturated rings. The van der Waals surface area contributed by atoms with Gasteiger partial charge in [-0.05, 0) is 12.8 Å². The molecule has 0 aromatic carbocycles. The van der Waals surface area contributed by atoms with Crippen LogP contribution in [0, 0.1) is 0 Å². The number of hydrogen-bond acceptors (Lipinski definition) is 3. The van der Waals surface area contributed by atoms with Crippen LogP contribution >= 0.6 is 15.9 Å². The van der Waals surface area contributed by atoms with Gasteiger partial charge in [-0.2, -0.15) is 0 Å². The topological polar surface area (TPSA) is 66.5 Å². The Balaban J connectivity index is 2.39. The minimum atomic E-state index is -3.13. The van der Waals surface area contributed by atoms with Crippen LogP contribution in [-0.2, 0) is 14.8 Å². The Kier molecular flexibility index (Phi) is 4.54. The standard InChI is InChI=1S/C8H15BrN2O3S/c1-15(13,14)10-7-2-4-11(5-3-7)8(12)6-9/h7,10H,2-6H2,1H3. The molecular weight excluding hydrogens is 284 g/mol. The highest BCUT2D eigenvalue weighted by Crippen LogP contribution is 2.11. The van der Waals surface area contributed by atoms with E-state index < -0.39 is 10.0 Å². The van der Waals surface area contributed by atoms with E-state index in [4.69, 9.17) is 0 Å². The van der Waals surface area contributed by atoms with Gasteiger partial charge in [-0.3, -0.25) is 4.79 Å². The minimum absolute atomic E-state index is 0.0284. The third kappa shape index (κ3) is 4.48. The van der Waals surface area contributed by atoms with E-state index >= 15 is 0 Å². The lowest BCUT2D eigenvalue weighted by atomic mass is 10.1. The summed E-state index contributed by atoms with van der Waals surface area (Å²) >= 11 is 3.11. The zero-order valence-electron chi connectivity index (χ0n) is 8.57. The molecule has 1 aliphatic heterocycles. The second kappa shape index (κ2) is 5.27. The highest BCUT2D eigenvalue weighted by Gasteiger charge is 2.23. The average Bonchev–Trinajstić information content (AvgIpc) is 2.15. The van der Waals surface area contributed by atoms with E-state index in [-0.39, 0.29) is 11.9 Å². The van der Waals surface area contributed by atoms with Crippen molar-refractivity contribution >= 4 is 31.9 Å². The summed E-state index contributed by atoms with van der Waals surface area (Å²) in [6.45, 7) is 1.25. The number of likely N-dealkylation sites (tertiary alicyclic amines) is 1. The molecule has 0 aliphatic carbocycles. The molecule has 0 radical (unpaired) electrons. The molecule has 0 saturated carbocycles. The Labute approximate surface area is 98.4 Å². The maximum absolute atomic E-state index is 11.3. The van der Waals surface area contributed by atoms with Gasteiger partial charge in [0.1, 0.15) is 0 Å². The third-order valence-corrected chi connectivity index (χ3v) is 3.58. The van der Waals surface area contributed by atoms with Crippen LogP contribution in [0.2, 0.25) is 0 Å². The maximum Gasteiger partial charge on any atom is 0.233 e. The van der Waals surface area contributed by atoms with Crippen molar-refractivity contribution in [2.75, 3.05) is 24.7 Å². The number of carbonyl (C=O) groups excluding carboxylic acids is 1. The van der Waals surface area contributed by atoms with Crippen molar-refractivity contribution < 1.29 is 13.2 Å². The van der Waals surface area contributed by atoms with Crippen LogP contribution in [0.25, 0.3) is 0 Å². The Morgan fingerprint density at radius 3 is 2.40 bits per heavy atom. The summed E-state index contributed by atoms with van der Waals surface area (Å²) in [4.78, 5) is 13.0. The summed E-state index contributed by atoms with van der Waals surface area (Å²) in [5, 5.41) is 0.331. The number of rotatable bonds is 3. The molecule has 0 aromatic heterocycles. The fourth-order valence-electron chi connectivity index (χ4n) is 1.63. The van der Waals surface area contributed by atoms with Crippen LogP contribution in [0.5, 0.6) is 0 Å². The highest BCUT2D eigenvalue weighted by molar-refractivity contribution is 9.09. The lowest BCUT2D eigenvalue weighted by Crippen LogP contribution is -2.46. The fourth-order valence-corrected chi connectivity index (χ4v) is 2.83. The molecule has 5 nitrogen and oxygen atoms in total. The van der Waals surface area contributed by atoms with Gasteiger partial charge in [0.15, 0.2) is 0 Å². The van der Waals surface area contributed by atoms with E-state index in [1.54, 1.807) is 4.90 Å². The van der Waals surface area contributed by atoms with Gasteiger partial charge in [0.05, 0.1) is 11.6 Å². The summed E-state index contributed by atoms with van der Waals surface area (Å²) in [7, 11) is -3.13. The summed E-state index contributed by atoms with van der Waals surface area (Å²) < 4.78 is 24.5. The molecule has 0 bridgehead atoms. The highest BCUT2D eigenvalue weighted by atomic mass is 79.9. The molecule has 0 aromatic rings. The van der Waals surface area contributed by atoms with E-state index in [1.807, 2.05) is 0 Å². The Morgan fingerprint density at radius 2 is 2.00 bits per heavy atom. The summed E-state index contributed by atoms with van der Waals surface area (Å²) in [5.41, 5.74) is 0. The van der Waals surface area contributed by atoms with E-state index in [1.165, 1.54) is 0 Å². The largest absolute Gasteiger partial charge is 0.342 e. The fraction of sp³-hybridized carbons (Fsp3) is 0.875. The molecule has 0 atom stereocenters. The zero-order valence-corrected chi connectivity index (χ0v) is 11.0. The molecule has 1 heterocycles. The van der Waals surface area contributed by atoms with Crippen molar-refractivity contribution in [1.82, 2.24) is 9.62 Å². The monoisotopic (exact) mass is 298 g/mol. The van der Waals surface area contributed by atoms with Crippen molar-refractivity contribution in [3.05, 3.63) is 0 Å². The molecule has 0 unspecified atom stereocenters. The first-order chi connectivity index (χ1) is 6.92.